The molecule has 0 radical (unpaired) electrons. The molecular weight excluding hydrogens is 300 g/mol. The van der Waals surface area contributed by atoms with E-state index in [1.54, 1.807) is 0 Å². The fraction of sp³-hybridized carbons (Fsp3) is 0.941. The van der Waals surface area contributed by atoms with Gasteiger partial charge in [0.25, 0.3) is 0 Å². The van der Waals surface area contributed by atoms with Crippen molar-refractivity contribution in [2.45, 2.75) is 70.8 Å². The predicted octanol–water partition coefficient (Wildman–Crippen LogP) is 3.04. The smallest absolute Gasteiger partial charge is 0.226 e. The lowest BCUT2D eigenvalue weighted by atomic mass is 9.77. The summed E-state index contributed by atoms with van der Waals surface area (Å²) < 4.78 is 5.40. The van der Waals surface area contributed by atoms with Gasteiger partial charge in [-0.15, -0.1) is 12.4 Å². The molecule has 0 atom stereocenters. The Morgan fingerprint density at radius 3 is 2.32 bits per heavy atom. The molecule has 2 fully saturated rings. The van der Waals surface area contributed by atoms with Crippen LogP contribution in [-0.4, -0.2) is 38.3 Å². The fourth-order valence-electron chi connectivity index (χ4n) is 3.63. The van der Waals surface area contributed by atoms with Gasteiger partial charge in [-0.25, -0.2) is 0 Å². The summed E-state index contributed by atoms with van der Waals surface area (Å²) in [4.78, 5) is 12.5. The molecule has 0 unspecified atom stereocenters. The number of hydrogen-bond acceptors (Lipinski definition) is 3. The second kappa shape index (κ2) is 10.5. The summed E-state index contributed by atoms with van der Waals surface area (Å²) in [6.45, 7) is 5.21. The summed E-state index contributed by atoms with van der Waals surface area (Å²) in [5.41, 5.74) is -0.180. The van der Waals surface area contributed by atoms with Crippen molar-refractivity contribution in [3.63, 3.8) is 0 Å². The Bertz CT molecular complexity index is 312. The van der Waals surface area contributed by atoms with Crippen LogP contribution in [0.4, 0.5) is 0 Å². The predicted molar refractivity (Wildman–Crippen MR) is 92.5 cm³/mol. The first-order chi connectivity index (χ1) is 10.3. The molecule has 130 valence electrons. The lowest BCUT2D eigenvalue weighted by Crippen LogP contribution is -2.46. The van der Waals surface area contributed by atoms with E-state index >= 15 is 0 Å². The number of halogens is 1. The molecule has 0 aromatic heterocycles. The minimum Gasteiger partial charge on any atom is -0.381 e. The molecule has 22 heavy (non-hydrogen) atoms. The van der Waals surface area contributed by atoms with Gasteiger partial charge in [-0.3, -0.25) is 4.79 Å². The molecule has 2 aliphatic rings. The van der Waals surface area contributed by atoms with E-state index in [2.05, 4.69) is 17.6 Å². The standard InChI is InChI=1S/C17H32N2O2.ClH/c1-2-17(9-13-21-14-10-17)16(20)19-12-11-18-15-7-5-3-4-6-8-15;/h15,18H,2-14H2,1H3,(H,19,20);1H. The number of rotatable bonds is 6. The lowest BCUT2D eigenvalue weighted by Gasteiger charge is -2.34. The lowest BCUT2D eigenvalue weighted by molar-refractivity contribution is -0.136. The van der Waals surface area contributed by atoms with Gasteiger partial charge in [-0.2, -0.15) is 0 Å². The van der Waals surface area contributed by atoms with Crippen LogP contribution >= 0.6 is 12.4 Å². The van der Waals surface area contributed by atoms with Crippen molar-refractivity contribution in [1.82, 2.24) is 10.6 Å². The number of ether oxygens (including phenoxy) is 1. The first-order valence-corrected chi connectivity index (χ1v) is 8.86. The van der Waals surface area contributed by atoms with Crippen molar-refractivity contribution in [1.29, 1.82) is 0 Å². The number of hydrogen-bond donors (Lipinski definition) is 2. The zero-order chi connectivity index (χ0) is 15.0. The highest BCUT2D eigenvalue weighted by molar-refractivity contribution is 5.85. The molecule has 2 N–H and O–H groups in total. The summed E-state index contributed by atoms with van der Waals surface area (Å²) >= 11 is 0. The zero-order valence-corrected chi connectivity index (χ0v) is 14.8. The van der Waals surface area contributed by atoms with E-state index in [-0.39, 0.29) is 23.7 Å². The average Bonchev–Trinajstić information content (AvgIpc) is 2.80. The second-order valence-electron chi connectivity index (χ2n) is 6.64. The van der Waals surface area contributed by atoms with Crippen LogP contribution < -0.4 is 10.6 Å². The first kappa shape index (κ1) is 19.7. The van der Waals surface area contributed by atoms with Crippen molar-refractivity contribution < 1.29 is 9.53 Å². The van der Waals surface area contributed by atoms with E-state index in [1.165, 1.54) is 38.5 Å². The number of nitrogens with one attached hydrogen (secondary N) is 2. The van der Waals surface area contributed by atoms with E-state index in [9.17, 15) is 4.79 Å². The third-order valence-corrected chi connectivity index (χ3v) is 5.31. The van der Waals surface area contributed by atoms with Crippen LogP contribution in [0.5, 0.6) is 0 Å². The topological polar surface area (TPSA) is 50.4 Å². The van der Waals surface area contributed by atoms with Gasteiger partial charge < -0.3 is 15.4 Å². The Balaban J connectivity index is 0.00000242. The highest BCUT2D eigenvalue weighted by Gasteiger charge is 2.37. The van der Waals surface area contributed by atoms with Crippen LogP contribution in [0.2, 0.25) is 0 Å². The molecular formula is C17H33ClN2O2. The molecule has 1 aliphatic carbocycles. The molecule has 0 spiro atoms. The quantitative estimate of drug-likeness (QED) is 0.580. The number of carbonyl (C=O) groups is 1. The maximum absolute atomic E-state index is 12.5. The highest BCUT2D eigenvalue weighted by Crippen LogP contribution is 2.34. The van der Waals surface area contributed by atoms with Crippen LogP contribution in [-0.2, 0) is 9.53 Å². The van der Waals surface area contributed by atoms with Gasteiger partial charge in [0.15, 0.2) is 0 Å². The van der Waals surface area contributed by atoms with Crippen molar-refractivity contribution in [2.24, 2.45) is 5.41 Å². The Labute approximate surface area is 141 Å². The maximum atomic E-state index is 12.5. The second-order valence-corrected chi connectivity index (χ2v) is 6.64. The SMILES string of the molecule is CCC1(C(=O)NCCNC2CCCCCC2)CCOCC1.Cl. The Kier molecular flexibility index (Phi) is 9.37. The van der Waals surface area contributed by atoms with Crippen LogP contribution in [0, 0.1) is 5.41 Å². The van der Waals surface area contributed by atoms with Crippen molar-refractivity contribution in [2.75, 3.05) is 26.3 Å². The third kappa shape index (κ3) is 5.71. The van der Waals surface area contributed by atoms with E-state index < -0.39 is 0 Å². The molecule has 0 bridgehead atoms. The molecule has 0 aromatic carbocycles. The minimum atomic E-state index is -0.180. The van der Waals surface area contributed by atoms with Gasteiger partial charge in [0.1, 0.15) is 0 Å². The Morgan fingerprint density at radius 2 is 1.73 bits per heavy atom. The van der Waals surface area contributed by atoms with E-state index in [4.69, 9.17) is 4.74 Å². The summed E-state index contributed by atoms with van der Waals surface area (Å²) in [5, 5.41) is 6.75. The molecule has 2 rings (SSSR count). The zero-order valence-electron chi connectivity index (χ0n) is 14.0. The Morgan fingerprint density at radius 1 is 1.09 bits per heavy atom. The molecule has 1 saturated heterocycles. The van der Waals surface area contributed by atoms with Crippen LogP contribution in [0.15, 0.2) is 0 Å². The Hall–Kier alpha value is -0.320. The first-order valence-electron chi connectivity index (χ1n) is 8.86. The molecule has 0 aromatic rings. The van der Waals surface area contributed by atoms with Crippen molar-refractivity contribution in [3.05, 3.63) is 0 Å². The van der Waals surface area contributed by atoms with Gasteiger partial charge in [-0.1, -0.05) is 32.6 Å². The largest absolute Gasteiger partial charge is 0.381 e. The maximum Gasteiger partial charge on any atom is 0.226 e. The van der Waals surface area contributed by atoms with Crippen LogP contribution in [0.1, 0.15) is 64.7 Å². The third-order valence-electron chi connectivity index (χ3n) is 5.31. The molecule has 4 nitrogen and oxygen atoms in total. The van der Waals surface area contributed by atoms with E-state index in [1.807, 2.05) is 0 Å². The summed E-state index contributed by atoms with van der Waals surface area (Å²) in [6, 6.07) is 0.660. The van der Waals surface area contributed by atoms with Crippen LogP contribution in [0.3, 0.4) is 0 Å². The summed E-state index contributed by atoms with van der Waals surface area (Å²) in [7, 11) is 0. The number of carbonyl (C=O) groups excluding carboxylic acids is 1. The average molecular weight is 333 g/mol. The summed E-state index contributed by atoms with van der Waals surface area (Å²) in [6.07, 6.45) is 10.7. The minimum absolute atomic E-state index is 0. The highest BCUT2D eigenvalue weighted by atomic mass is 35.5. The monoisotopic (exact) mass is 332 g/mol. The van der Waals surface area contributed by atoms with E-state index in [0.29, 0.717) is 6.04 Å². The van der Waals surface area contributed by atoms with Gasteiger partial charge in [0, 0.05) is 32.3 Å². The van der Waals surface area contributed by atoms with Gasteiger partial charge in [-0.05, 0) is 32.1 Å². The molecule has 1 heterocycles. The van der Waals surface area contributed by atoms with Gasteiger partial charge in [0.05, 0.1) is 5.41 Å². The molecule has 5 heteroatoms. The van der Waals surface area contributed by atoms with Gasteiger partial charge >= 0.3 is 0 Å². The summed E-state index contributed by atoms with van der Waals surface area (Å²) in [5.74, 6) is 0.232. The van der Waals surface area contributed by atoms with E-state index in [0.717, 1.165) is 45.6 Å². The normalized spacial score (nSPS) is 22.4. The molecule has 1 amide bonds. The number of amides is 1. The molecule has 1 saturated carbocycles. The van der Waals surface area contributed by atoms with Crippen molar-refractivity contribution in [3.8, 4) is 0 Å². The van der Waals surface area contributed by atoms with Gasteiger partial charge in [0.2, 0.25) is 5.91 Å². The van der Waals surface area contributed by atoms with Crippen LogP contribution in [0.25, 0.3) is 0 Å². The molecule has 1 aliphatic heterocycles. The van der Waals surface area contributed by atoms with Crippen molar-refractivity contribution >= 4 is 18.3 Å². The fourth-order valence-corrected chi connectivity index (χ4v) is 3.63.